The van der Waals surface area contributed by atoms with Crippen LogP contribution >= 0.6 is 0 Å². The molecular formula is C45H27N3O2. The van der Waals surface area contributed by atoms with Crippen LogP contribution in [0.25, 0.3) is 60.9 Å². The normalized spacial score (nSPS) is 12.4. The van der Waals surface area contributed by atoms with Gasteiger partial charge in [-0.1, -0.05) is 127 Å². The average Bonchev–Trinajstić information content (AvgIpc) is 3.66. The van der Waals surface area contributed by atoms with Crippen LogP contribution in [0, 0.1) is 11.3 Å². The highest BCUT2D eigenvalue weighted by Gasteiger charge is 2.40. The van der Waals surface area contributed by atoms with Gasteiger partial charge in [-0.2, -0.15) is 5.26 Å². The molecule has 5 nitrogen and oxygen atoms in total. The molecule has 0 N–H and O–H groups in total. The fraction of sp³-hybridized carbons (Fsp3) is 0. The van der Waals surface area contributed by atoms with Gasteiger partial charge in [-0.25, -0.2) is 4.90 Å². The van der Waals surface area contributed by atoms with E-state index < -0.39 is 0 Å². The summed E-state index contributed by atoms with van der Waals surface area (Å²) in [6, 6.07) is 55.3. The van der Waals surface area contributed by atoms with E-state index in [1.807, 2.05) is 140 Å². The number of nitrogens with zero attached hydrogens (tertiary/aromatic N) is 3. The van der Waals surface area contributed by atoms with Crippen LogP contribution < -0.4 is 4.90 Å². The first-order valence-electron chi connectivity index (χ1n) is 16.4. The number of anilines is 1. The van der Waals surface area contributed by atoms with Crippen molar-refractivity contribution in [1.82, 2.24) is 4.57 Å². The Hall–Kier alpha value is -7.03. The van der Waals surface area contributed by atoms with Crippen molar-refractivity contribution in [1.29, 1.82) is 5.26 Å². The molecule has 2 amide bonds. The number of hydrogen-bond donors (Lipinski definition) is 0. The highest BCUT2D eigenvalue weighted by Crippen LogP contribution is 2.43. The summed E-state index contributed by atoms with van der Waals surface area (Å²) in [5.41, 5.74) is 9.52. The summed E-state index contributed by atoms with van der Waals surface area (Å²) in [5.74, 6) is -0.751. The van der Waals surface area contributed by atoms with Crippen LogP contribution in [0.4, 0.5) is 5.69 Å². The number of hydrogen-bond acceptors (Lipinski definition) is 3. The van der Waals surface area contributed by atoms with Crippen LogP contribution in [0.5, 0.6) is 0 Å². The number of benzene rings is 7. The third-order valence-corrected chi connectivity index (χ3v) is 9.60. The summed E-state index contributed by atoms with van der Waals surface area (Å²) in [6.07, 6.45) is 0. The van der Waals surface area contributed by atoms with Crippen LogP contribution in [0.3, 0.4) is 0 Å². The van der Waals surface area contributed by atoms with Gasteiger partial charge in [0, 0.05) is 27.5 Å². The van der Waals surface area contributed by atoms with E-state index in [2.05, 4.69) is 28.8 Å². The zero-order valence-corrected chi connectivity index (χ0v) is 26.7. The van der Waals surface area contributed by atoms with Crippen LogP contribution in [0.2, 0.25) is 0 Å². The molecule has 0 unspecified atom stereocenters. The van der Waals surface area contributed by atoms with E-state index in [9.17, 15) is 14.9 Å². The van der Waals surface area contributed by atoms with E-state index in [0.717, 1.165) is 55.2 Å². The molecule has 7 aromatic carbocycles. The van der Waals surface area contributed by atoms with E-state index in [-0.39, 0.29) is 11.8 Å². The molecule has 0 aliphatic carbocycles. The van der Waals surface area contributed by atoms with Crippen molar-refractivity contribution in [2.45, 2.75) is 0 Å². The van der Waals surface area contributed by atoms with E-state index in [1.54, 1.807) is 6.07 Å². The zero-order chi connectivity index (χ0) is 33.8. The Bertz CT molecular complexity index is 2700. The molecule has 9 rings (SSSR count). The Balaban J connectivity index is 1.28. The van der Waals surface area contributed by atoms with Crippen LogP contribution in [-0.4, -0.2) is 16.4 Å². The molecule has 1 aliphatic heterocycles. The SMILES string of the molecule is N#Cc1ccccc1-c1cccc2c3ccccc3n(-c3cccc4c3C(=O)N(c3ccc(-c5ccccc5)cc3-c3ccccc3)C4=O)c12. The van der Waals surface area contributed by atoms with Gasteiger partial charge < -0.3 is 4.57 Å². The maximum absolute atomic E-state index is 14.8. The minimum Gasteiger partial charge on any atom is -0.308 e. The van der Waals surface area contributed by atoms with Crippen LogP contribution in [-0.2, 0) is 0 Å². The molecule has 0 spiro atoms. The lowest BCUT2D eigenvalue weighted by molar-refractivity contribution is 0.0926. The number of nitriles is 1. The van der Waals surface area contributed by atoms with Gasteiger partial charge in [0.25, 0.3) is 11.8 Å². The van der Waals surface area contributed by atoms with Gasteiger partial charge in [0.15, 0.2) is 0 Å². The van der Waals surface area contributed by atoms with Crippen LogP contribution in [0.15, 0.2) is 164 Å². The maximum Gasteiger partial charge on any atom is 0.268 e. The molecule has 0 radical (unpaired) electrons. The average molecular weight is 642 g/mol. The minimum absolute atomic E-state index is 0.342. The van der Waals surface area contributed by atoms with Gasteiger partial charge in [0.2, 0.25) is 0 Å². The molecule has 5 heteroatoms. The molecule has 0 atom stereocenters. The van der Waals surface area contributed by atoms with Gasteiger partial charge >= 0.3 is 0 Å². The molecule has 0 fully saturated rings. The lowest BCUT2D eigenvalue weighted by Gasteiger charge is -2.20. The molecule has 234 valence electrons. The largest absolute Gasteiger partial charge is 0.308 e. The van der Waals surface area contributed by atoms with E-state index in [4.69, 9.17) is 0 Å². The monoisotopic (exact) mass is 641 g/mol. The van der Waals surface area contributed by atoms with Crippen molar-refractivity contribution >= 4 is 39.3 Å². The Morgan fingerprint density at radius 3 is 1.90 bits per heavy atom. The number of rotatable bonds is 5. The predicted molar refractivity (Wildman–Crippen MR) is 199 cm³/mol. The molecule has 50 heavy (non-hydrogen) atoms. The van der Waals surface area contributed by atoms with Crippen molar-refractivity contribution in [2.24, 2.45) is 0 Å². The van der Waals surface area contributed by atoms with E-state index in [0.29, 0.717) is 28.1 Å². The smallest absolute Gasteiger partial charge is 0.268 e. The first kappa shape index (κ1) is 29.1. The third kappa shape index (κ3) is 4.40. The lowest BCUT2D eigenvalue weighted by Crippen LogP contribution is -2.30. The summed E-state index contributed by atoms with van der Waals surface area (Å²) in [4.78, 5) is 30.6. The summed E-state index contributed by atoms with van der Waals surface area (Å²) < 4.78 is 2.08. The number of fused-ring (bicyclic) bond motifs is 4. The van der Waals surface area contributed by atoms with E-state index in [1.165, 1.54) is 4.90 Å². The van der Waals surface area contributed by atoms with Crippen molar-refractivity contribution in [3.63, 3.8) is 0 Å². The molecule has 8 aromatic rings. The lowest BCUT2D eigenvalue weighted by atomic mass is 9.97. The number of amides is 2. The topological polar surface area (TPSA) is 66.1 Å². The number of carbonyl (C=O) groups is 2. The summed E-state index contributed by atoms with van der Waals surface area (Å²) in [6.45, 7) is 0. The van der Waals surface area contributed by atoms with Crippen molar-refractivity contribution in [3.05, 3.63) is 180 Å². The van der Waals surface area contributed by atoms with Gasteiger partial charge in [0.05, 0.1) is 45.2 Å². The number of carbonyl (C=O) groups excluding carboxylic acids is 2. The van der Waals surface area contributed by atoms with Crippen molar-refractivity contribution in [3.8, 4) is 45.1 Å². The second-order valence-corrected chi connectivity index (χ2v) is 12.3. The molecule has 0 bridgehead atoms. The second kappa shape index (κ2) is 11.6. The highest BCUT2D eigenvalue weighted by atomic mass is 16.2. The standard InChI is InChI=1S/C45H27N3O2/c46-28-32-17-7-8-18-33(32)35-20-11-21-36-34-19-9-10-23-39(34)47(43(35)36)41-24-12-22-37-42(41)45(50)48(44(37)49)40-26-25-31(29-13-3-1-4-14-29)27-38(40)30-15-5-2-6-16-30/h1-27H. The molecule has 0 saturated carbocycles. The fourth-order valence-corrected chi connectivity index (χ4v) is 7.36. The first-order valence-corrected chi connectivity index (χ1v) is 16.4. The van der Waals surface area contributed by atoms with Gasteiger partial charge in [-0.05, 0) is 53.1 Å². The summed E-state index contributed by atoms with van der Waals surface area (Å²) in [5, 5.41) is 12.0. The molecular weight excluding hydrogens is 615 g/mol. The van der Waals surface area contributed by atoms with Gasteiger partial charge in [-0.3, -0.25) is 9.59 Å². The predicted octanol–water partition coefficient (Wildman–Crippen LogP) is 10.5. The van der Waals surface area contributed by atoms with Crippen LogP contribution in [0.1, 0.15) is 26.3 Å². The minimum atomic E-state index is -0.383. The molecule has 1 aromatic heterocycles. The Kier molecular flexibility index (Phi) is 6.75. The van der Waals surface area contributed by atoms with Gasteiger partial charge in [0.1, 0.15) is 0 Å². The highest BCUT2D eigenvalue weighted by molar-refractivity contribution is 6.36. The Morgan fingerprint density at radius 1 is 0.460 bits per heavy atom. The molecule has 1 aliphatic rings. The third-order valence-electron chi connectivity index (χ3n) is 9.60. The van der Waals surface area contributed by atoms with Crippen molar-refractivity contribution < 1.29 is 9.59 Å². The number of aromatic nitrogens is 1. The van der Waals surface area contributed by atoms with E-state index >= 15 is 0 Å². The quantitative estimate of drug-likeness (QED) is 0.176. The van der Waals surface area contributed by atoms with Crippen molar-refractivity contribution in [2.75, 3.05) is 4.90 Å². The fourth-order valence-electron chi connectivity index (χ4n) is 7.36. The molecule has 2 heterocycles. The first-order chi connectivity index (χ1) is 24.6. The summed E-state index contributed by atoms with van der Waals surface area (Å²) in [7, 11) is 0. The Labute approximate surface area is 288 Å². The maximum atomic E-state index is 14.8. The number of imide groups is 1. The van der Waals surface area contributed by atoms with Gasteiger partial charge in [-0.15, -0.1) is 0 Å². The zero-order valence-electron chi connectivity index (χ0n) is 26.7. The number of para-hydroxylation sites is 2. The molecule has 0 saturated heterocycles. The second-order valence-electron chi connectivity index (χ2n) is 12.3. The Morgan fingerprint density at radius 2 is 1.10 bits per heavy atom. The summed E-state index contributed by atoms with van der Waals surface area (Å²) >= 11 is 0.